The van der Waals surface area contributed by atoms with Crippen molar-refractivity contribution in [3.05, 3.63) is 40.6 Å². The average Bonchev–Trinajstić information content (AvgIpc) is 2.69. The molecule has 3 rings (SSSR count). The van der Waals surface area contributed by atoms with E-state index in [1.54, 1.807) is 30.6 Å². The first-order valence-electron chi connectivity index (χ1n) is 8.94. The van der Waals surface area contributed by atoms with Crippen molar-refractivity contribution >= 4 is 29.1 Å². The summed E-state index contributed by atoms with van der Waals surface area (Å²) in [5.74, 6) is 1.00. The summed E-state index contributed by atoms with van der Waals surface area (Å²) in [6.07, 6.45) is 6.35. The molecule has 1 heterocycles. The van der Waals surface area contributed by atoms with Crippen LogP contribution in [-0.4, -0.2) is 41.7 Å². The monoisotopic (exact) mass is 425 g/mol. The van der Waals surface area contributed by atoms with E-state index in [4.69, 9.17) is 37.4 Å². The van der Waals surface area contributed by atoms with Gasteiger partial charge in [-0.3, -0.25) is 4.79 Å². The van der Waals surface area contributed by atoms with Gasteiger partial charge in [-0.1, -0.05) is 23.2 Å². The number of hydrogen-bond donors (Lipinski definition) is 1. The summed E-state index contributed by atoms with van der Waals surface area (Å²) in [6.45, 7) is -0.103. The first-order valence-corrected chi connectivity index (χ1v) is 9.69. The molecule has 7 nitrogen and oxygen atoms in total. The van der Waals surface area contributed by atoms with Gasteiger partial charge in [-0.25, -0.2) is 9.97 Å². The first kappa shape index (κ1) is 20.5. The molecule has 1 aromatic heterocycles. The number of carbonyl (C=O) groups excluding carboxylic acids is 1. The molecule has 0 spiro atoms. The Morgan fingerprint density at radius 1 is 1.14 bits per heavy atom. The molecular formula is C19H21Cl2N3O4. The third-order valence-corrected chi connectivity index (χ3v) is 4.93. The van der Waals surface area contributed by atoms with Crippen LogP contribution in [0.5, 0.6) is 17.5 Å². The molecule has 1 aliphatic rings. The van der Waals surface area contributed by atoms with Crippen LogP contribution in [0.3, 0.4) is 0 Å². The van der Waals surface area contributed by atoms with Crippen molar-refractivity contribution in [2.45, 2.75) is 37.8 Å². The molecule has 9 heteroatoms. The highest BCUT2D eigenvalue weighted by Gasteiger charge is 2.25. The molecule has 0 aliphatic heterocycles. The Balaban J connectivity index is 1.42. The molecule has 0 saturated heterocycles. The van der Waals surface area contributed by atoms with Gasteiger partial charge in [-0.2, -0.15) is 0 Å². The van der Waals surface area contributed by atoms with E-state index < -0.39 is 0 Å². The molecule has 2 aromatic rings. The zero-order chi connectivity index (χ0) is 19.9. The zero-order valence-corrected chi connectivity index (χ0v) is 16.9. The number of nitrogens with zero attached hydrogens (tertiary/aromatic N) is 2. The van der Waals surface area contributed by atoms with Gasteiger partial charge < -0.3 is 19.5 Å². The third-order valence-electron chi connectivity index (χ3n) is 4.40. The standard InChI is InChI=1S/C19H21Cl2N3O4/c1-26-18-19(23-9-8-22-18)28-14-5-3-13(4-6-14)24-17(25)11-27-16-7-2-12(20)10-15(16)21/h2,7-10,13-14H,3-6,11H2,1H3,(H,24,25). The first-order chi connectivity index (χ1) is 13.5. The number of aromatic nitrogens is 2. The summed E-state index contributed by atoms with van der Waals surface area (Å²) in [4.78, 5) is 20.4. The summed E-state index contributed by atoms with van der Waals surface area (Å²) in [5.41, 5.74) is 0. The zero-order valence-electron chi connectivity index (χ0n) is 15.4. The van der Waals surface area contributed by atoms with E-state index in [1.807, 2.05) is 0 Å². The van der Waals surface area contributed by atoms with E-state index in [9.17, 15) is 4.79 Å². The Bertz CT molecular complexity index is 814. The number of ether oxygens (including phenoxy) is 3. The van der Waals surface area contributed by atoms with Crippen molar-refractivity contribution in [3.8, 4) is 17.5 Å². The Labute approximate surface area is 173 Å². The van der Waals surface area contributed by atoms with Crippen molar-refractivity contribution in [1.82, 2.24) is 15.3 Å². The molecule has 1 amide bonds. The van der Waals surface area contributed by atoms with E-state index in [1.165, 1.54) is 7.11 Å². The molecule has 1 saturated carbocycles. The normalized spacial score (nSPS) is 19.0. The average molecular weight is 426 g/mol. The summed E-state index contributed by atoms with van der Waals surface area (Å²) in [5, 5.41) is 3.87. The molecular weight excluding hydrogens is 405 g/mol. The molecule has 0 unspecified atom stereocenters. The van der Waals surface area contributed by atoms with Gasteiger partial charge in [0.1, 0.15) is 11.9 Å². The van der Waals surface area contributed by atoms with Crippen LogP contribution in [0.4, 0.5) is 0 Å². The maximum absolute atomic E-state index is 12.1. The van der Waals surface area contributed by atoms with Gasteiger partial charge in [0.2, 0.25) is 0 Å². The second kappa shape index (κ2) is 9.80. The number of nitrogens with one attached hydrogen (secondary N) is 1. The minimum atomic E-state index is -0.189. The van der Waals surface area contributed by atoms with Gasteiger partial charge in [0, 0.05) is 23.5 Å². The SMILES string of the molecule is COc1nccnc1OC1CCC(NC(=O)COc2ccc(Cl)cc2Cl)CC1. The molecule has 0 radical (unpaired) electrons. The largest absolute Gasteiger partial charge is 0.482 e. The number of amides is 1. The minimum absolute atomic E-state index is 0.0166. The lowest BCUT2D eigenvalue weighted by molar-refractivity contribution is -0.124. The maximum atomic E-state index is 12.1. The minimum Gasteiger partial charge on any atom is -0.482 e. The fourth-order valence-corrected chi connectivity index (χ4v) is 3.48. The van der Waals surface area contributed by atoms with Gasteiger partial charge >= 0.3 is 0 Å². The van der Waals surface area contributed by atoms with Gasteiger partial charge in [-0.05, 0) is 43.9 Å². The summed E-state index contributed by atoms with van der Waals surface area (Å²) < 4.78 is 16.5. The molecule has 28 heavy (non-hydrogen) atoms. The molecule has 1 N–H and O–H groups in total. The number of halogens is 2. The van der Waals surface area contributed by atoms with E-state index >= 15 is 0 Å². The Morgan fingerprint density at radius 3 is 2.54 bits per heavy atom. The predicted molar refractivity (Wildman–Crippen MR) is 105 cm³/mol. The second-order valence-electron chi connectivity index (χ2n) is 6.39. The predicted octanol–water partition coefficient (Wildman–Crippen LogP) is 3.68. The third kappa shape index (κ3) is 5.62. The lowest BCUT2D eigenvalue weighted by Gasteiger charge is -2.29. The lowest BCUT2D eigenvalue weighted by Crippen LogP contribution is -2.41. The van der Waals surface area contributed by atoms with Gasteiger partial charge in [-0.15, -0.1) is 0 Å². The van der Waals surface area contributed by atoms with E-state index in [0.717, 1.165) is 25.7 Å². The Hall–Kier alpha value is -2.25. The van der Waals surface area contributed by atoms with Crippen molar-refractivity contribution in [1.29, 1.82) is 0 Å². The van der Waals surface area contributed by atoms with Gasteiger partial charge in [0.05, 0.1) is 12.1 Å². The van der Waals surface area contributed by atoms with Crippen LogP contribution in [0.1, 0.15) is 25.7 Å². The molecule has 150 valence electrons. The van der Waals surface area contributed by atoms with Crippen LogP contribution in [-0.2, 0) is 4.79 Å². The second-order valence-corrected chi connectivity index (χ2v) is 7.24. The molecule has 1 aliphatic carbocycles. The smallest absolute Gasteiger partial charge is 0.278 e. The number of benzene rings is 1. The highest BCUT2D eigenvalue weighted by atomic mass is 35.5. The van der Waals surface area contributed by atoms with Crippen LogP contribution in [0.25, 0.3) is 0 Å². The van der Waals surface area contributed by atoms with Crippen molar-refractivity contribution in [2.24, 2.45) is 0 Å². The molecule has 1 aromatic carbocycles. The number of methoxy groups -OCH3 is 1. The molecule has 1 fully saturated rings. The fraction of sp³-hybridized carbons (Fsp3) is 0.421. The summed E-state index contributed by atoms with van der Waals surface area (Å²) in [7, 11) is 1.53. The lowest BCUT2D eigenvalue weighted by atomic mass is 9.93. The van der Waals surface area contributed by atoms with Crippen LogP contribution in [0.15, 0.2) is 30.6 Å². The summed E-state index contributed by atoms with van der Waals surface area (Å²) in [6, 6.07) is 4.96. The highest BCUT2D eigenvalue weighted by molar-refractivity contribution is 6.35. The van der Waals surface area contributed by atoms with Crippen LogP contribution in [0.2, 0.25) is 10.0 Å². The number of hydrogen-bond acceptors (Lipinski definition) is 6. The summed E-state index contributed by atoms with van der Waals surface area (Å²) >= 11 is 11.9. The molecule has 0 bridgehead atoms. The number of carbonyl (C=O) groups is 1. The fourth-order valence-electron chi connectivity index (χ4n) is 3.02. The van der Waals surface area contributed by atoms with Crippen molar-refractivity contribution in [3.63, 3.8) is 0 Å². The van der Waals surface area contributed by atoms with Gasteiger partial charge in [0.15, 0.2) is 6.61 Å². The van der Waals surface area contributed by atoms with E-state index in [0.29, 0.717) is 27.6 Å². The Morgan fingerprint density at radius 2 is 1.86 bits per heavy atom. The highest BCUT2D eigenvalue weighted by Crippen LogP contribution is 2.28. The molecule has 0 atom stereocenters. The number of rotatable bonds is 7. The van der Waals surface area contributed by atoms with Crippen molar-refractivity contribution in [2.75, 3.05) is 13.7 Å². The topological polar surface area (TPSA) is 82.6 Å². The Kier molecular flexibility index (Phi) is 7.17. The van der Waals surface area contributed by atoms with E-state index in [2.05, 4.69) is 15.3 Å². The maximum Gasteiger partial charge on any atom is 0.278 e. The van der Waals surface area contributed by atoms with Crippen LogP contribution >= 0.6 is 23.2 Å². The van der Waals surface area contributed by atoms with Crippen LogP contribution in [0, 0.1) is 0 Å². The van der Waals surface area contributed by atoms with Gasteiger partial charge in [0.25, 0.3) is 17.7 Å². The van der Waals surface area contributed by atoms with E-state index in [-0.39, 0.29) is 24.7 Å². The van der Waals surface area contributed by atoms with Crippen LogP contribution < -0.4 is 19.5 Å². The van der Waals surface area contributed by atoms with Crippen molar-refractivity contribution < 1.29 is 19.0 Å². The quantitative estimate of drug-likeness (QED) is 0.728.